The van der Waals surface area contributed by atoms with Crippen LogP contribution in [0.25, 0.3) is 0 Å². The van der Waals surface area contributed by atoms with Gasteiger partial charge < -0.3 is 14.8 Å². The van der Waals surface area contributed by atoms with Crippen LogP contribution in [0, 0.1) is 0 Å². The van der Waals surface area contributed by atoms with Crippen molar-refractivity contribution in [2.75, 3.05) is 19.8 Å². The van der Waals surface area contributed by atoms with E-state index >= 15 is 0 Å². The molecule has 15 heavy (non-hydrogen) atoms. The van der Waals surface area contributed by atoms with E-state index in [9.17, 15) is 4.79 Å². The first-order chi connectivity index (χ1) is 7.36. The molecule has 1 N–H and O–H groups in total. The van der Waals surface area contributed by atoms with E-state index in [0.717, 1.165) is 45.4 Å². The van der Waals surface area contributed by atoms with Gasteiger partial charge >= 0.3 is 5.97 Å². The highest BCUT2D eigenvalue weighted by molar-refractivity contribution is 5.76. The Bertz CT molecular complexity index is 208. The minimum Gasteiger partial charge on any atom is -0.461 e. The number of nitrogens with one attached hydrogen (secondary N) is 1. The Balaban J connectivity index is 1.74. The van der Waals surface area contributed by atoms with Crippen LogP contribution in [0.15, 0.2) is 0 Å². The van der Waals surface area contributed by atoms with Gasteiger partial charge in [0.2, 0.25) is 0 Å². The summed E-state index contributed by atoms with van der Waals surface area (Å²) in [6.45, 7) is 2.37. The Morgan fingerprint density at radius 2 is 2.00 bits per heavy atom. The summed E-state index contributed by atoms with van der Waals surface area (Å²) in [4.78, 5) is 11.7. The number of esters is 1. The minimum atomic E-state index is -0.0680. The van der Waals surface area contributed by atoms with Gasteiger partial charge in [-0.25, -0.2) is 0 Å². The number of ether oxygens (including phenoxy) is 2. The first-order valence-electron chi connectivity index (χ1n) is 5.88. The molecule has 0 aromatic heterocycles. The van der Waals surface area contributed by atoms with Crippen LogP contribution in [0.3, 0.4) is 0 Å². The first kappa shape index (κ1) is 10.9. The lowest BCUT2D eigenvalue weighted by Crippen LogP contribution is -2.43. The molecule has 1 atom stereocenters. The molecule has 2 heterocycles. The Hall–Kier alpha value is -0.610. The van der Waals surface area contributed by atoms with Crippen molar-refractivity contribution in [2.24, 2.45) is 0 Å². The summed E-state index contributed by atoms with van der Waals surface area (Å²) < 4.78 is 10.7. The molecule has 0 bridgehead atoms. The molecule has 4 nitrogen and oxygen atoms in total. The number of hydrogen-bond donors (Lipinski definition) is 1. The van der Waals surface area contributed by atoms with Crippen molar-refractivity contribution >= 4 is 5.97 Å². The van der Waals surface area contributed by atoms with Gasteiger partial charge in [-0.2, -0.15) is 0 Å². The molecule has 2 aliphatic heterocycles. The van der Waals surface area contributed by atoms with Crippen LogP contribution in [-0.2, 0) is 14.3 Å². The molecule has 0 radical (unpaired) electrons. The van der Waals surface area contributed by atoms with Gasteiger partial charge in [0.1, 0.15) is 12.1 Å². The Labute approximate surface area is 90.3 Å². The van der Waals surface area contributed by atoms with E-state index in [4.69, 9.17) is 9.47 Å². The number of carbonyl (C=O) groups excluding carboxylic acids is 1. The standard InChI is InChI=1S/C11H19NO3/c13-11(10-3-1-2-6-12-10)15-9-4-7-14-8-5-9/h9-10,12H,1-8H2. The lowest BCUT2D eigenvalue weighted by molar-refractivity contribution is -0.156. The third kappa shape index (κ3) is 3.18. The van der Waals surface area contributed by atoms with Crippen molar-refractivity contribution in [2.45, 2.75) is 44.2 Å². The van der Waals surface area contributed by atoms with Crippen LogP contribution >= 0.6 is 0 Å². The number of rotatable bonds is 2. The molecular weight excluding hydrogens is 194 g/mol. The van der Waals surface area contributed by atoms with Crippen molar-refractivity contribution in [3.63, 3.8) is 0 Å². The van der Waals surface area contributed by atoms with Crippen LogP contribution in [-0.4, -0.2) is 37.9 Å². The Morgan fingerprint density at radius 1 is 1.20 bits per heavy atom. The molecular formula is C11H19NO3. The van der Waals surface area contributed by atoms with Gasteiger partial charge in [-0.05, 0) is 19.4 Å². The molecule has 2 aliphatic rings. The van der Waals surface area contributed by atoms with Crippen molar-refractivity contribution in [3.8, 4) is 0 Å². The van der Waals surface area contributed by atoms with Gasteiger partial charge in [0.05, 0.1) is 13.2 Å². The Kier molecular flexibility index (Phi) is 3.97. The van der Waals surface area contributed by atoms with Crippen LogP contribution in [0.2, 0.25) is 0 Å². The molecule has 86 valence electrons. The maximum Gasteiger partial charge on any atom is 0.323 e. The molecule has 1 unspecified atom stereocenters. The topological polar surface area (TPSA) is 47.6 Å². The quantitative estimate of drug-likeness (QED) is 0.691. The van der Waals surface area contributed by atoms with Crippen LogP contribution in [0.1, 0.15) is 32.1 Å². The molecule has 4 heteroatoms. The molecule has 0 aromatic carbocycles. The van der Waals surface area contributed by atoms with Gasteiger partial charge in [-0.1, -0.05) is 6.42 Å². The predicted molar refractivity (Wildman–Crippen MR) is 55.6 cm³/mol. The lowest BCUT2D eigenvalue weighted by Gasteiger charge is -2.27. The van der Waals surface area contributed by atoms with Gasteiger partial charge in [0.15, 0.2) is 0 Å². The van der Waals surface area contributed by atoms with Crippen LogP contribution < -0.4 is 5.32 Å². The van der Waals surface area contributed by atoms with Crippen molar-refractivity contribution in [1.82, 2.24) is 5.32 Å². The molecule has 0 spiro atoms. The number of hydrogen-bond acceptors (Lipinski definition) is 4. The van der Waals surface area contributed by atoms with E-state index in [1.54, 1.807) is 0 Å². The lowest BCUT2D eigenvalue weighted by atomic mass is 10.1. The minimum absolute atomic E-state index is 0.0680. The van der Waals surface area contributed by atoms with E-state index in [2.05, 4.69) is 5.32 Å². The normalized spacial score (nSPS) is 28.7. The fraction of sp³-hybridized carbons (Fsp3) is 0.909. The van der Waals surface area contributed by atoms with Gasteiger partial charge in [-0.3, -0.25) is 4.79 Å². The molecule has 2 rings (SSSR count). The third-order valence-corrected chi connectivity index (χ3v) is 3.05. The molecule has 0 amide bonds. The SMILES string of the molecule is O=C(OC1CCOCC1)C1CCCCN1. The van der Waals surface area contributed by atoms with E-state index in [1.165, 1.54) is 6.42 Å². The van der Waals surface area contributed by atoms with Gasteiger partial charge in [0.25, 0.3) is 0 Å². The highest BCUT2D eigenvalue weighted by Gasteiger charge is 2.25. The summed E-state index contributed by atoms with van der Waals surface area (Å²) in [6, 6.07) is -0.0680. The zero-order chi connectivity index (χ0) is 10.5. The highest BCUT2D eigenvalue weighted by atomic mass is 16.6. The third-order valence-electron chi connectivity index (χ3n) is 3.05. The summed E-state index contributed by atoms with van der Waals surface area (Å²) in [5, 5.41) is 3.20. The van der Waals surface area contributed by atoms with E-state index in [1.807, 2.05) is 0 Å². The summed E-state index contributed by atoms with van der Waals surface area (Å²) in [7, 11) is 0. The fourth-order valence-corrected chi connectivity index (χ4v) is 2.09. The second-order valence-corrected chi connectivity index (χ2v) is 4.25. The maximum absolute atomic E-state index is 11.7. The van der Waals surface area contributed by atoms with Gasteiger partial charge in [-0.15, -0.1) is 0 Å². The van der Waals surface area contributed by atoms with Crippen molar-refractivity contribution in [3.05, 3.63) is 0 Å². The van der Waals surface area contributed by atoms with Crippen molar-refractivity contribution < 1.29 is 14.3 Å². The monoisotopic (exact) mass is 213 g/mol. The molecule has 0 aliphatic carbocycles. The van der Waals surface area contributed by atoms with Crippen LogP contribution in [0.5, 0.6) is 0 Å². The smallest absolute Gasteiger partial charge is 0.323 e. The maximum atomic E-state index is 11.7. The Morgan fingerprint density at radius 3 is 2.67 bits per heavy atom. The first-order valence-corrected chi connectivity index (χ1v) is 5.88. The summed E-state index contributed by atoms with van der Waals surface area (Å²) in [6.07, 6.45) is 4.98. The fourth-order valence-electron chi connectivity index (χ4n) is 2.09. The zero-order valence-electron chi connectivity index (χ0n) is 9.04. The molecule has 0 aromatic rings. The number of carbonyl (C=O) groups is 1. The van der Waals surface area contributed by atoms with E-state index in [0.29, 0.717) is 0 Å². The molecule has 0 saturated carbocycles. The van der Waals surface area contributed by atoms with E-state index < -0.39 is 0 Å². The molecule has 2 fully saturated rings. The second kappa shape index (κ2) is 5.47. The largest absolute Gasteiger partial charge is 0.461 e. The zero-order valence-corrected chi connectivity index (χ0v) is 9.04. The predicted octanol–water partition coefficient (Wildman–Crippen LogP) is 0.851. The van der Waals surface area contributed by atoms with Gasteiger partial charge in [0, 0.05) is 12.8 Å². The summed E-state index contributed by atoms with van der Waals surface area (Å²) in [5.74, 6) is -0.0680. The van der Waals surface area contributed by atoms with Crippen LogP contribution in [0.4, 0.5) is 0 Å². The average Bonchev–Trinajstić information content (AvgIpc) is 2.31. The second-order valence-electron chi connectivity index (χ2n) is 4.25. The number of piperidine rings is 1. The summed E-state index contributed by atoms with van der Waals surface area (Å²) >= 11 is 0. The summed E-state index contributed by atoms with van der Waals surface area (Å²) in [5.41, 5.74) is 0. The average molecular weight is 213 g/mol. The van der Waals surface area contributed by atoms with Crippen molar-refractivity contribution in [1.29, 1.82) is 0 Å². The highest BCUT2D eigenvalue weighted by Crippen LogP contribution is 2.14. The molecule has 2 saturated heterocycles. The van der Waals surface area contributed by atoms with E-state index in [-0.39, 0.29) is 18.1 Å².